The van der Waals surface area contributed by atoms with Crippen LogP contribution in [0.2, 0.25) is 0 Å². The number of hydrogen-bond donors (Lipinski definition) is 3. The Balaban J connectivity index is 0.000000516. The molecule has 31 heteroatoms. The first-order valence-corrected chi connectivity index (χ1v) is 23.1. The molecule has 0 aliphatic carbocycles. The first-order chi connectivity index (χ1) is 34.2. The van der Waals surface area contributed by atoms with Gasteiger partial charge in [0.25, 0.3) is 0 Å². The van der Waals surface area contributed by atoms with E-state index in [1.54, 1.807) is 26.4 Å². The van der Waals surface area contributed by atoms with Gasteiger partial charge in [-0.15, -0.1) is 0 Å². The summed E-state index contributed by atoms with van der Waals surface area (Å²) in [6.07, 6.45) is 5.05. The molecular weight excluding hydrogens is 1020 g/mol. The van der Waals surface area contributed by atoms with Crippen LogP contribution in [0.25, 0.3) is 0 Å². The third kappa shape index (κ3) is 28.4. The number of nitrogens with zero attached hydrogens (tertiary/aromatic N) is 7. The van der Waals surface area contributed by atoms with E-state index < -0.39 is 29.8 Å². The SMILES string of the molecule is CC(=O)Nc1nc(F)c(C=O)s1.CC(=O)OOC(C)=O.COCCOc1cc(O[C@@H]2C[C@H](C)N(Cc3sc(NC(C)=O)nc3F)C2)ncn1.COCCOc1cc(O[C@H]2CN[C@@H](C)C2)ncn1.[B-]OC(C)=O.[Na+]. The number of likely N-dealkylation sites (tertiary alicyclic amines) is 1. The summed E-state index contributed by atoms with van der Waals surface area (Å²) in [5.74, 6) is -1.84. The minimum Gasteiger partial charge on any atom is -0.793 e. The van der Waals surface area contributed by atoms with Gasteiger partial charge < -0.3 is 57.1 Å². The summed E-state index contributed by atoms with van der Waals surface area (Å²) in [6, 6.07) is 4.05. The number of thiazole rings is 2. The smallest absolute Gasteiger partial charge is 0.793 e. The number of ether oxygens (including phenoxy) is 6. The molecule has 6 heterocycles. The topological polar surface area (TPSA) is 302 Å². The Morgan fingerprint density at radius 3 is 1.64 bits per heavy atom. The van der Waals surface area contributed by atoms with Crippen molar-refractivity contribution in [3.63, 3.8) is 0 Å². The number of halogens is 2. The van der Waals surface area contributed by atoms with Crippen LogP contribution in [0.15, 0.2) is 24.8 Å². The summed E-state index contributed by atoms with van der Waals surface area (Å²) in [6.45, 7) is 14.1. The van der Waals surface area contributed by atoms with Gasteiger partial charge in [0.2, 0.25) is 53.2 Å². The van der Waals surface area contributed by atoms with E-state index in [1.165, 1.54) is 33.4 Å². The molecule has 2 aliphatic heterocycles. The minimum absolute atomic E-state index is 0. The van der Waals surface area contributed by atoms with Crippen LogP contribution in [0.1, 0.15) is 75.9 Å². The number of amides is 2. The van der Waals surface area contributed by atoms with Crippen molar-refractivity contribution in [3.05, 3.63) is 46.4 Å². The Hall–Kier alpha value is -5.60. The molecule has 4 aromatic rings. The van der Waals surface area contributed by atoms with Crippen LogP contribution in [0, 0.1) is 11.9 Å². The van der Waals surface area contributed by atoms with Crippen LogP contribution < -0.4 is 64.5 Å². The van der Waals surface area contributed by atoms with E-state index in [2.05, 4.69) is 87.1 Å². The molecule has 2 fully saturated rings. The first kappa shape index (κ1) is 65.4. The molecule has 6 rings (SSSR count). The van der Waals surface area contributed by atoms with E-state index in [0.717, 1.165) is 55.9 Å². The predicted molar refractivity (Wildman–Crippen MR) is 253 cm³/mol. The third-order valence-electron chi connectivity index (χ3n) is 8.58. The van der Waals surface area contributed by atoms with E-state index in [-0.39, 0.29) is 74.8 Å². The number of carbonyl (C=O) groups is 6. The van der Waals surface area contributed by atoms with Gasteiger partial charge in [-0.3, -0.25) is 24.1 Å². The maximum atomic E-state index is 14.1. The zero-order chi connectivity index (χ0) is 53.6. The standard InChI is InChI=1S/C18H24FN5O4S.C12H19N3O3.C6H5FN2O2S.C4H6O4.C2H3BO2.Na/c1-11-6-13(28-16-7-15(20-10-21-16)27-5-4-26-3)8-24(11)9-14-17(19)23-18(29-14)22-12(2)25;1-9-5-10(7-13-9)18-12-6-11(14-8-15-12)17-4-3-16-2;1-3(11)8-6-9-5(7)4(2-10)12-6;1-3(5)7-8-4(2)6;1-2(4)5-3;/h7,10-11,13H,4-6,8-9H2,1-3H3,(H,22,23,25);6,8-10,13H,3-5,7H2,1-2H3;2H,1H3,(H,8,9,11);1-2H3;1H3;/q;;;;-1;+1/t11-,13+;9-,10+;;;;/m00..../s1. The number of anilines is 2. The predicted octanol–water partition coefficient (Wildman–Crippen LogP) is 0.446. The summed E-state index contributed by atoms with van der Waals surface area (Å²) < 4.78 is 62.8. The van der Waals surface area contributed by atoms with Crippen molar-refractivity contribution in [2.45, 2.75) is 92.1 Å². The normalized spacial score (nSPS) is 16.2. The van der Waals surface area contributed by atoms with Gasteiger partial charge in [0.15, 0.2) is 16.5 Å². The third-order valence-corrected chi connectivity index (χ3v) is 10.4. The van der Waals surface area contributed by atoms with Crippen molar-refractivity contribution in [1.29, 1.82) is 0 Å². The minimum atomic E-state index is -0.848. The van der Waals surface area contributed by atoms with Gasteiger partial charge in [-0.2, -0.15) is 18.7 Å². The number of aldehydes is 1. The number of hydrogen-bond acceptors (Lipinski definition) is 25. The van der Waals surface area contributed by atoms with Crippen LogP contribution in [0.3, 0.4) is 0 Å². The first-order valence-electron chi connectivity index (χ1n) is 21.5. The van der Waals surface area contributed by atoms with Crippen molar-refractivity contribution in [2.75, 3.05) is 64.4 Å². The molecule has 0 saturated carbocycles. The monoisotopic (exact) mass is 1080 g/mol. The molecule has 0 spiro atoms. The zero-order valence-electron chi connectivity index (χ0n) is 42.0. The van der Waals surface area contributed by atoms with Crippen LogP contribution in [-0.2, 0) is 54.4 Å². The average Bonchev–Trinajstić information content (AvgIpc) is 4.09. The van der Waals surface area contributed by atoms with Gasteiger partial charge in [-0.1, -0.05) is 22.7 Å². The fourth-order valence-electron chi connectivity index (χ4n) is 5.59. The number of carbonyl (C=O) groups excluding carboxylic acids is 6. The maximum absolute atomic E-state index is 14.1. The molecule has 0 unspecified atom stereocenters. The molecule has 2 saturated heterocycles. The van der Waals surface area contributed by atoms with Crippen molar-refractivity contribution in [3.8, 4) is 23.5 Å². The van der Waals surface area contributed by atoms with Crippen molar-refractivity contribution >= 4 is 77.0 Å². The molecular formula is C42H57BF2N10NaO15S2. The zero-order valence-corrected chi connectivity index (χ0v) is 45.6. The summed E-state index contributed by atoms with van der Waals surface area (Å²) in [4.78, 5) is 94.4. The van der Waals surface area contributed by atoms with Gasteiger partial charge >= 0.3 is 41.5 Å². The van der Waals surface area contributed by atoms with Gasteiger partial charge in [0, 0.05) is 93.4 Å². The van der Waals surface area contributed by atoms with Gasteiger partial charge in [0.05, 0.1) is 30.2 Å². The molecule has 3 radical (unpaired) electrons. The van der Waals surface area contributed by atoms with E-state index >= 15 is 0 Å². The summed E-state index contributed by atoms with van der Waals surface area (Å²) >= 11 is 1.95. The van der Waals surface area contributed by atoms with Crippen molar-refractivity contribution in [2.24, 2.45) is 0 Å². The Labute approximate surface area is 451 Å². The van der Waals surface area contributed by atoms with E-state index in [4.69, 9.17) is 28.4 Å². The largest absolute Gasteiger partial charge is 1.00 e. The number of methoxy groups -OCH3 is 2. The second-order valence-electron chi connectivity index (χ2n) is 14.8. The molecule has 73 heavy (non-hydrogen) atoms. The van der Waals surface area contributed by atoms with Gasteiger partial charge in [-0.25, -0.2) is 39.3 Å². The Bertz CT molecular complexity index is 2320. The number of aromatic nitrogens is 6. The van der Waals surface area contributed by atoms with Crippen molar-refractivity contribution < 1.29 is 110 Å². The Kier molecular flexibility index (Phi) is 32.6. The number of nitrogens with one attached hydrogen (secondary N) is 3. The summed E-state index contributed by atoms with van der Waals surface area (Å²) in [5.41, 5.74) is 0. The number of rotatable bonds is 17. The van der Waals surface area contributed by atoms with Gasteiger partial charge in [0.1, 0.15) is 43.0 Å². The van der Waals surface area contributed by atoms with Crippen molar-refractivity contribution in [1.82, 2.24) is 40.1 Å². The quantitative estimate of drug-likeness (QED) is 0.0425. The van der Waals surface area contributed by atoms with Crippen LogP contribution in [0.5, 0.6) is 23.5 Å². The molecule has 0 bridgehead atoms. The summed E-state index contributed by atoms with van der Waals surface area (Å²) in [7, 11) is 7.55. The van der Waals surface area contributed by atoms with Crippen LogP contribution >= 0.6 is 22.7 Å². The van der Waals surface area contributed by atoms with E-state index in [9.17, 15) is 37.5 Å². The average molecular weight is 1080 g/mol. The molecule has 2 amide bonds. The Morgan fingerprint density at radius 2 is 1.22 bits per heavy atom. The van der Waals surface area contributed by atoms with E-state index in [1.807, 2.05) is 0 Å². The Morgan fingerprint density at radius 1 is 0.740 bits per heavy atom. The fraction of sp³-hybridized carbons (Fsp3) is 0.524. The second-order valence-corrected chi connectivity index (χ2v) is 16.9. The molecule has 0 aromatic carbocycles. The molecule has 3 N–H and O–H groups in total. The van der Waals surface area contributed by atoms with E-state index in [0.29, 0.717) is 80.2 Å². The molecule has 395 valence electrons. The maximum Gasteiger partial charge on any atom is 1.00 e. The second kappa shape index (κ2) is 36.3. The van der Waals surface area contributed by atoms with Crippen LogP contribution in [-0.4, -0.2) is 157 Å². The molecule has 4 atom stereocenters. The fourth-order valence-corrected chi connectivity index (χ4v) is 7.22. The van der Waals surface area contributed by atoms with Gasteiger partial charge in [-0.05, 0) is 13.8 Å². The van der Waals surface area contributed by atoms with Crippen LogP contribution in [0.4, 0.5) is 19.0 Å². The molecule has 25 nitrogen and oxygen atoms in total. The summed E-state index contributed by atoms with van der Waals surface area (Å²) in [5, 5.41) is 8.49. The molecule has 4 aromatic heterocycles. The molecule has 2 aliphatic rings.